The van der Waals surface area contributed by atoms with Gasteiger partial charge in [-0.2, -0.15) is 5.26 Å². The molecule has 1 aromatic carbocycles. The van der Waals surface area contributed by atoms with Crippen LogP contribution in [0.25, 0.3) is 0 Å². The van der Waals surface area contributed by atoms with Crippen molar-refractivity contribution in [3.63, 3.8) is 0 Å². The van der Waals surface area contributed by atoms with E-state index in [1.807, 2.05) is 30.3 Å². The summed E-state index contributed by atoms with van der Waals surface area (Å²) in [4.78, 5) is 24.2. The van der Waals surface area contributed by atoms with Gasteiger partial charge in [0, 0.05) is 25.5 Å². The van der Waals surface area contributed by atoms with Gasteiger partial charge in [0.15, 0.2) is 9.84 Å². The molecule has 1 atom stereocenters. The molecule has 8 nitrogen and oxygen atoms in total. The molecule has 0 saturated heterocycles. The molecule has 4 rings (SSSR count). The van der Waals surface area contributed by atoms with E-state index >= 15 is 0 Å². The first-order valence-corrected chi connectivity index (χ1v) is 13.5. The summed E-state index contributed by atoms with van der Waals surface area (Å²) in [5, 5.41) is 11.9. The molecule has 1 unspecified atom stereocenters. The maximum atomic E-state index is 12.8. The number of fused-ring (bicyclic) bond motifs is 1. The maximum Gasteiger partial charge on any atom is 0.253 e. The lowest BCUT2D eigenvalue weighted by Gasteiger charge is -2.27. The zero-order valence-electron chi connectivity index (χ0n) is 20.6. The third kappa shape index (κ3) is 5.45. The van der Waals surface area contributed by atoms with Gasteiger partial charge >= 0.3 is 0 Å². The largest absolute Gasteiger partial charge is 0.346 e. The van der Waals surface area contributed by atoms with Gasteiger partial charge < -0.3 is 5.32 Å². The Bertz CT molecular complexity index is 1390. The predicted octanol–water partition coefficient (Wildman–Crippen LogP) is 3.78. The van der Waals surface area contributed by atoms with Crippen LogP contribution < -0.4 is 5.32 Å². The van der Waals surface area contributed by atoms with E-state index in [0.717, 1.165) is 23.4 Å². The van der Waals surface area contributed by atoms with Crippen molar-refractivity contribution < 1.29 is 13.2 Å². The standard InChI is InChI=1S/C27H29N5O3S/c1-4-36(34,35)24-10-9-23(29-15-24)14-31-27(33)21-11-22-17-32(26(18(2)3)25(22)30-13-21)16-20-7-5-19(12-28)6-8-20/h5-11,13,15,18,26H,4,14,16-17H2,1-3H3,(H,31,33). The molecule has 0 bridgehead atoms. The number of nitrogens with one attached hydrogen (secondary N) is 1. The van der Waals surface area contributed by atoms with Crippen LogP contribution in [0.3, 0.4) is 0 Å². The van der Waals surface area contributed by atoms with Crippen molar-refractivity contribution in [2.75, 3.05) is 5.75 Å². The molecule has 1 N–H and O–H groups in total. The van der Waals surface area contributed by atoms with E-state index in [-0.39, 0.29) is 29.1 Å². The smallest absolute Gasteiger partial charge is 0.253 e. The number of sulfone groups is 1. The van der Waals surface area contributed by atoms with Crippen molar-refractivity contribution >= 4 is 15.7 Å². The average Bonchev–Trinajstić information content (AvgIpc) is 3.25. The van der Waals surface area contributed by atoms with Gasteiger partial charge in [-0.05, 0) is 47.4 Å². The molecule has 1 aliphatic rings. The van der Waals surface area contributed by atoms with Gasteiger partial charge in [0.05, 0.1) is 51.8 Å². The fourth-order valence-electron chi connectivity index (χ4n) is 4.48. The number of aromatic nitrogens is 2. The van der Waals surface area contributed by atoms with Gasteiger partial charge in [0.25, 0.3) is 5.91 Å². The first kappa shape index (κ1) is 25.5. The van der Waals surface area contributed by atoms with Crippen molar-refractivity contribution in [2.45, 2.75) is 51.3 Å². The summed E-state index contributed by atoms with van der Waals surface area (Å²) < 4.78 is 23.9. The molecule has 0 spiro atoms. The Morgan fingerprint density at radius 2 is 1.92 bits per heavy atom. The minimum Gasteiger partial charge on any atom is -0.346 e. The fraction of sp³-hybridized carbons (Fsp3) is 0.333. The molecule has 0 radical (unpaired) electrons. The van der Waals surface area contributed by atoms with Gasteiger partial charge in [-0.1, -0.05) is 32.9 Å². The Morgan fingerprint density at radius 1 is 1.17 bits per heavy atom. The van der Waals surface area contributed by atoms with Crippen molar-refractivity contribution in [1.29, 1.82) is 5.26 Å². The Labute approximate surface area is 211 Å². The normalized spacial score (nSPS) is 15.5. The van der Waals surface area contributed by atoms with Crippen LogP contribution in [0, 0.1) is 17.2 Å². The van der Waals surface area contributed by atoms with E-state index in [9.17, 15) is 13.2 Å². The van der Waals surface area contributed by atoms with Crippen molar-refractivity contribution in [1.82, 2.24) is 20.2 Å². The number of benzene rings is 1. The molecule has 36 heavy (non-hydrogen) atoms. The van der Waals surface area contributed by atoms with Crippen molar-refractivity contribution in [3.05, 3.63) is 88.5 Å². The molecule has 0 saturated carbocycles. The molecular formula is C27H29N5O3S. The van der Waals surface area contributed by atoms with E-state index in [0.29, 0.717) is 29.3 Å². The van der Waals surface area contributed by atoms with Crippen LogP contribution in [-0.4, -0.2) is 34.9 Å². The molecule has 0 aliphatic carbocycles. The number of carbonyl (C=O) groups is 1. The third-order valence-corrected chi connectivity index (χ3v) is 8.10. The molecule has 1 amide bonds. The van der Waals surface area contributed by atoms with Crippen LogP contribution in [0.2, 0.25) is 0 Å². The summed E-state index contributed by atoms with van der Waals surface area (Å²) in [6.45, 7) is 7.50. The van der Waals surface area contributed by atoms with Gasteiger partial charge in [0.2, 0.25) is 0 Å². The number of nitrogens with zero attached hydrogens (tertiary/aromatic N) is 4. The fourth-order valence-corrected chi connectivity index (χ4v) is 5.30. The van der Waals surface area contributed by atoms with E-state index in [4.69, 9.17) is 5.26 Å². The minimum absolute atomic E-state index is 0.0126. The average molecular weight is 504 g/mol. The quantitative estimate of drug-likeness (QED) is 0.497. The van der Waals surface area contributed by atoms with Gasteiger partial charge in [-0.15, -0.1) is 0 Å². The van der Waals surface area contributed by atoms with Crippen molar-refractivity contribution in [2.24, 2.45) is 5.92 Å². The van der Waals surface area contributed by atoms with E-state index < -0.39 is 9.84 Å². The Balaban J connectivity index is 1.45. The number of nitriles is 1. The second-order valence-corrected chi connectivity index (χ2v) is 11.5. The first-order chi connectivity index (χ1) is 17.2. The van der Waals surface area contributed by atoms with E-state index in [1.165, 1.54) is 12.3 Å². The van der Waals surface area contributed by atoms with Crippen LogP contribution in [0.1, 0.15) is 65.2 Å². The molecule has 186 valence electrons. The van der Waals surface area contributed by atoms with Crippen LogP contribution >= 0.6 is 0 Å². The van der Waals surface area contributed by atoms with Gasteiger partial charge in [0.1, 0.15) is 0 Å². The zero-order valence-corrected chi connectivity index (χ0v) is 21.4. The second kappa shape index (κ2) is 10.6. The van der Waals surface area contributed by atoms with E-state index in [1.54, 1.807) is 19.2 Å². The van der Waals surface area contributed by atoms with Crippen LogP contribution in [0.5, 0.6) is 0 Å². The number of hydrogen-bond donors (Lipinski definition) is 1. The molecule has 1 aliphatic heterocycles. The molecule has 9 heteroatoms. The molecule has 3 heterocycles. The maximum absolute atomic E-state index is 12.8. The Hall–Kier alpha value is -3.61. The summed E-state index contributed by atoms with van der Waals surface area (Å²) in [5.41, 5.74) is 4.82. The van der Waals surface area contributed by atoms with Gasteiger partial charge in [-0.25, -0.2) is 8.42 Å². The third-order valence-electron chi connectivity index (χ3n) is 6.38. The topological polar surface area (TPSA) is 116 Å². The predicted molar refractivity (Wildman–Crippen MR) is 135 cm³/mol. The van der Waals surface area contributed by atoms with Gasteiger partial charge in [-0.3, -0.25) is 19.7 Å². The van der Waals surface area contributed by atoms with E-state index in [2.05, 4.69) is 40.1 Å². The van der Waals surface area contributed by atoms with Crippen LogP contribution in [0.15, 0.2) is 59.8 Å². The molecular weight excluding hydrogens is 474 g/mol. The highest BCUT2D eigenvalue weighted by atomic mass is 32.2. The highest BCUT2D eigenvalue weighted by Crippen LogP contribution is 2.38. The summed E-state index contributed by atoms with van der Waals surface area (Å²) in [7, 11) is -3.31. The summed E-state index contributed by atoms with van der Waals surface area (Å²) in [5.74, 6) is 0.0879. The minimum atomic E-state index is -3.31. The monoisotopic (exact) mass is 503 g/mol. The first-order valence-electron chi connectivity index (χ1n) is 11.9. The van der Waals surface area contributed by atoms with Crippen LogP contribution in [0.4, 0.5) is 0 Å². The number of rotatable bonds is 8. The Kier molecular flexibility index (Phi) is 7.48. The number of hydrogen-bond acceptors (Lipinski definition) is 7. The highest BCUT2D eigenvalue weighted by molar-refractivity contribution is 7.91. The molecule has 0 fully saturated rings. The lowest BCUT2D eigenvalue weighted by molar-refractivity contribution is 0.0950. The number of amides is 1. The highest BCUT2D eigenvalue weighted by Gasteiger charge is 2.34. The SMILES string of the molecule is CCS(=O)(=O)c1ccc(CNC(=O)c2cnc3c(c2)CN(Cc2ccc(C#N)cc2)C3C(C)C)nc1. The van der Waals surface area contributed by atoms with Crippen LogP contribution in [-0.2, 0) is 29.5 Å². The lowest BCUT2D eigenvalue weighted by Crippen LogP contribution is -2.25. The summed E-state index contributed by atoms with van der Waals surface area (Å²) >= 11 is 0. The summed E-state index contributed by atoms with van der Waals surface area (Å²) in [6.07, 6.45) is 2.94. The number of carbonyl (C=O) groups excluding carboxylic acids is 1. The summed E-state index contributed by atoms with van der Waals surface area (Å²) in [6, 6.07) is 14.9. The zero-order chi connectivity index (χ0) is 25.9. The molecule has 3 aromatic rings. The molecule has 2 aromatic heterocycles. The lowest BCUT2D eigenvalue weighted by atomic mass is 9.99. The Morgan fingerprint density at radius 3 is 2.53 bits per heavy atom. The van der Waals surface area contributed by atoms with Crippen molar-refractivity contribution in [3.8, 4) is 6.07 Å². The number of pyridine rings is 2. The second-order valence-electron chi connectivity index (χ2n) is 9.24.